The Morgan fingerprint density at radius 3 is 1.61 bits per heavy atom. The molecule has 2 N–H and O–H groups in total. The topological polar surface area (TPSA) is 91.7 Å². The van der Waals surface area contributed by atoms with Crippen LogP contribution in [0.15, 0.2) is 0 Å². The lowest BCUT2D eigenvalue weighted by atomic mass is 9.99. The van der Waals surface area contributed by atoms with Gasteiger partial charge in [0.2, 0.25) is 0 Å². The average molecular weight is 328 g/mol. The highest BCUT2D eigenvalue weighted by molar-refractivity contribution is 5.92. The molecule has 0 aliphatic carbocycles. The van der Waals surface area contributed by atoms with Crippen LogP contribution in [0.1, 0.15) is 90.4 Å². The van der Waals surface area contributed by atoms with E-state index in [0.29, 0.717) is 25.7 Å². The number of carboxylic acids is 2. The van der Waals surface area contributed by atoms with Crippen molar-refractivity contribution in [2.45, 2.75) is 90.4 Å². The van der Waals surface area contributed by atoms with Gasteiger partial charge in [-0.25, -0.2) is 0 Å². The molecule has 0 spiro atoms. The fourth-order valence-electron chi connectivity index (χ4n) is 2.60. The maximum atomic E-state index is 11.7. The lowest BCUT2D eigenvalue weighted by Crippen LogP contribution is -2.23. The van der Waals surface area contributed by atoms with Crippen LogP contribution in [0, 0.1) is 5.92 Å². The van der Waals surface area contributed by atoms with E-state index in [4.69, 9.17) is 10.2 Å². The number of hydrogen-bond donors (Lipinski definition) is 2. The summed E-state index contributed by atoms with van der Waals surface area (Å²) in [7, 11) is 0. The molecule has 0 aromatic rings. The van der Waals surface area contributed by atoms with Crippen molar-refractivity contribution in [1.82, 2.24) is 0 Å². The fourth-order valence-corrected chi connectivity index (χ4v) is 2.60. The number of ketones is 1. The highest BCUT2D eigenvalue weighted by Gasteiger charge is 2.24. The largest absolute Gasteiger partial charge is 0.481 e. The van der Waals surface area contributed by atoms with Gasteiger partial charge < -0.3 is 10.2 Å². The third-order valence-electron chi connectivity index (χ3n) is 4.10. The van der Waals surface area contributed by atoms with Crippen LogP contribution in [0.5, 0.6) is 0 Å². The summed E-state index contributed by atoms with van der Waals surface area (Å²) in [4.78, 5) is 33.1. The van der Waals surface area contributed by atoms with Gasteiger partial charge in [0.05, 0.1) is 0 Å². The number of carboxylic acid groups (broad SMARTS) is 2. The van der Waals surface area contributed by atoms with Gasteiger partial charge >= 0.3 is 11.9 Å². The minimum atomic E-state index is -1.35. The van der Waals surface area contributed by atoms with E-state index in [0.717, 1.165) is 12.8 Å². The van der Waals surface area contributed by atoms with Gasteiger partial charge in [-0.1, -0.05) is 58.3 Å². The SMILES string of the molecule is CCCCCCCCCCC(=O)CCCCC(C(=O)O)C(=O)O. The molecule has 0 rings (SSSR count). The van der Waals surface area contributed by atoms with Crippen molar-refractivity contribution in [2.24, 2.45) is 5.92 Å². The van der Waals surface area contributed by atoms with Crippen LogP contribution in [0.2, 0.25) is 0 Å². The molecule has 23 heavy (non-hydrogen) atoms. The molecule has 0 aliphatic rings. The molecule has 0 aliphatic heterocycles. The summed E-state index contributed by atoms with van der Waals surface area (Å²) < 4.78 is 0. The lowest BCUT2D eigenvalue weighted by Gasteiger charge is -2.06. The maximum absolute atomic E-state index is 11.7. The Kier molecular flexibility index (Phi) is 13.4. The molecule has 0 fully saturated rings. The van der Waals surface area contributed by atoms with Crippen LogP contribution in [-0.2, 0) is 14.4 Å². The molecular formula is C18H32O5. The number of hydrogen-bond acceptors (Lipinski definition) is 3. The van der Waals surface area contributed by atoms with E-state index in [-0.39, 0.29) is 12.2 Å². The molecule has 0 aromatic heterocycles. The zero-order chi connectivity index (χ0) is 17.5. The van der Waals surface area contributed by atoms with E-state index in [1.54, 1.807) is 0 Å². The first-order chi connectivity index (χ1) is 11.0. The van der Waals surface area contributed by atoms with Crippen molar-refractivity contribution < 1.29 is 24.6 Å². The predicted octanol–water partition coefficient (Wildman–Crippen LogP) is 4.43. The van der Waals surface area contributed by atoms with Crippen molar-refractivity contribution in [3.63, 3.8) is 0 Å². The van der Waals surface area contributed by atoms with E-state index in [1.807, 2.05) is 0 Å². The number of carbonyl (C=O) groups excluding carboxylic acids is 1. The molecule has 0 amide bonds. The summed E-state index contributed by atoms with van der Waals surface area (Å²) in [5.41, 5.74) is 0. The molecular weight excluding hydrogens is 296 g/mol. The number of carbonyl (C=O) groups is 3. The van der Waals surface area contributed by atoms with E-state index >= 15 is 0 Å². The fraction of sp³-hybridized carbons (Fsp3) is 0.833. The van der Waals surface area contributed by atoms with Gasteiger partial charge in [-0.15, -0.1) is 0 Å². The first-order valence-electron chi connectivity index (χ1n) is 8.96. The van der Waals surface area contributed by atoms with Gasteiger partial charge in [0.25, 0.3) is 0 Å². The second-order valence-electron chi connectivity index (χ2n) is 6.24. The zero-order valence-electron chi connectivity index (χ0n) is 14.4. The van der Waals surface area contributed by atoms with Crippen LogP contribution >= 0.6 is 0 Å². The summed E-state index contributed by atoms with van der Waals surface area (Å²) >= 11 is 0. The Morgan fingerprint density at radius 1 is 0.696 bits per heavy atom. The number of rotatable bonds is 16. The molecule has 0 heterocycles. The van der Waals surface area contributed by atoms with E-state index in [2.05, 4.69) is 6.92 Å². The van der Waals surface area contributed by atoms with E-state index in [1.165, 1.54) is 38.5 Å². The zero-order valence-corrected chi connectivity index (χ0v) is 14.4. The summed E-state index contributed by atoms with van der Waals surface area (Å²) in [6.45, 7) is 2.20. The number of Topliss-reactive ketones (excluding diaryl/α,β-unsaturated/α-hetero) is 1. The first kappa shape index (κ1) is 21.6. The van der Waals surface area contributed by atoms with Gasteiger partial charge in [-0.05, 0) is 19.3 Å². The van der Waals surface area contributed by atoms with Gasteiger partial charge in [-0.3, -0.25) is 14.4 Å². The lowest BCUT2D eigenvalue weighted by molar-refractivity contribution is -0.154. The van der Waals surface area contributed by atoms with Gasteiger partial charge in [0, 0.05) is 12.8 Å². The molecule has 0 saturated carbocycles. The van der Waals surface area contributed by atoms with Crippen molar-refractivity contribution in [3.05, 3.63) is 0 Å². The van der Waals surface area contributed by atoms with Gasteiger partial charge in [-0.2, -0.15) is 0 Å². The monoisotopic (exact) mass is 328 g/mol. The number of aliphatic carboxylic acids is 2. The van der Waals surface area contributed by atoms with Crippen LogP contribution < -0.4 is 0 Å². The van der Waals surface area contributed by atoms with Crippen molar-refractivity contribution >= 4 is 17.7 Å². The molecule has 0 radical (unpaired) electrons. The van der Waals surface area contributed by atoms with Crippen molar-refractivity contribution in [2.75, 3.05) is 0 Å². The summed E-state index contributed by atoms with van der Waals surface area (Å²) in [6, 6.07) is 0. The Bertz CT molecular complexity index is 337. The molecule has 0 bridgehead atoms. The van der Waals surface area contributed by atoms with Gasteiger partial charge in [0.1, 0.15) is 5.78 Å². The molecule has 0 unspecified atom stereocenters. The Morgan fingerprint density at radius 2 is 1.13 bits per heavy atom. The summed E-state index contributed by atoms with van der Waals surface area (Å²) in [5.74, 6) is -3.75. The summed E-state index contributed by atoms with van der Waals surface area (Å²) in [5, 5.41) is 17.5. The van der Waals surface area contributed by atoms with Crippen LogP contribution in [0.3, 0.4) is 0 Å². The third-order valence-corrected chi connectivity index (χ3v) is 4.10. The van der Waals surface area contributed by atoms with Crippen molar-refractivity contribution in [3.8, 4) is 0 Å². The Hall–Kier alpha value is -1.39. The highest BCUT2D eigenvalue weighted by Crippen LogP contribution is 2.13. The normalized spacial score (nSPS) is 10.9. The number of unbranched alkanes of at least 4 members (excludes halogenated alkanes) is 8. The second-order valence-corrected chi connectivity index (χ2v) is 6.24. The smallest absolute Gasteiger partial charge is 0.317 e. The van der Waals surface area contributed by atoms with E-state index < -0.39 is 17.9 Å². The summed E-state index contributed by atoms with van der Waals surface area (Å²) in [6.07, 6.45) is 11.8. The Balaban J connectivity index is 3.50. The predicted molar refractivity (Wildman–Crippen MR) is 89.5 cm³/mol. The standard InChI is InChI=1S/C18H32O5/c1-2-3-4-5-6-7-8-9-12-15(19)13-10-11-14-16(17(20)21)18(22)23/h16H,2-14H2,1H3,(H,20,21)(H,22,23). The average Bonchev–Trinajstić information content (AvgIpc) is 2.49. The van der Waals surface area contributed by atoms with Gasteiger partial charge in [0.15, 0.2) is 5.92 Å². The molecule has 0 saturated heterocycles. The van der Waals surface area contributed by atoms with E-state index in [9.17, 15) is 14.4 Å². The van der Waals surface area contributed by atoms with Crippen molar-refractivity contribution in [1.29, 1.82) is 0 Å². The minimum Gasteiger partial charge on any atom is -0.481 e. The second kappa shape index (κ2) is 14.2. The van der Waals surface area contributed by atoms with Crippen LogP contribution in [0.4, 0.5) is 0 Å². The minimum absolute atomic E-state index is 0.0930. The van der Waals surface area contributed by atoms with Crippen LogP contribution in [-0.4, -0.2) is 27.9 Å². The quantitative estimate of drug-likeness (QED) is 0.323. The first-order valence-corrected chi connectivity index (χ1v) is 8.96. The molecule has 0 atom stereocenters. The third kappa shape index (κ3) is 12.8. The molecule has 5 heteroatoms. The maximum Gasteiger partial charge on any atom is 0.317 e. The molecule has 0 aromatic carbocycles. The molecule has 134 valence electrons. The Labute approximate surface area is 139 Å². The molecule has 5 nitrogen and oxygen atoms in total. The van der Waals surface area contributed by atoms with Crippen LogP contribution in [0.25, 0.3) is 0 Å². The highest BCUT2D eigenvalue weighted by atomic mass is 16.4.